The van der Waals surface area contributed by atoms with E-state index in [1.807, 2.05) is 6.92 Å². The summed E-state index contributed by atoms with van der Waals surface area (Å²) in [5.74, 6) is -0.922. The molecule has 0 aromatic carbocycles. The maximum Gasteiger partial charge on any atom is 0.374 e. The number of rotatable bonds is 6. The standard InChI is InChI=1S/C10H13ClO6S/c1-3-15-4-5-16-10(12)8-6-9(7(2)17-8)18(11,13)14/h6H,3-5H2,1-2H3. The lowest BCUT2D eigenvalue weighted by Crippen LogP contribution is -2.10. The van der Waals surface area contributed by atoms with E-state index in [-0.39, 0.29) is 29.6 Å². The van der Waals surface area contributed by atoms with Gasteiger partial charge < -0.3 is 13.9 Å². The fourth-order valence-corrected chi connectivity index (χ4v) is 2.31. The van der Waals surface area contributed by atoms with Crippen molar-refractivity contribution in [3.63, 3.8) is 0 Å². The van der Waals surface area contributed by atoms with E-state index in [0.29, 0.717) is 6.61 Å². The number of hydrogen-bond acceptors (Lipinski definition) is 6. The summed E-state index contributed by atoms with van der Waals surface area (Å²) in [5.41, 5.74) is 0. The van der Waals surface area contributed by atoms with Crippen molar-refractivity contribution >= 4 is 25.7 Å². The van der Waals surface area contributed by atoms with Crippen molar-refractivity contribution in [3.8, 4) is 0 Å². The predicted octanol–water partition coefficient (Wildman–Crippen LogP) is 1.71. The van der Waals surface area contributed by atoms with Gasteiger partial charge in [0.05, 0.1) is 6.61 Å². The highest BCUT2D eigenvalue weighted by Crippen LogP contribution is 2.23. The summed E-state index contributed by atoms with van der Waals surface area (Å²) in [7, 11) is 1.24. The van der Waals surface area contributed by atoms with E-state index in [1.165, 1.54) is 6.92 Å². The summed E-state index contributed by atoms with van der Waals surface area (Å²) < 4.78 is 37.0. The smallest absolute Gasteiger partial charge is 0.374 e. The van der Waals surface area contributed by atoms with Crippen molar-refractivity contribution in [2.75, 3.05) is 19.8 Å². The Kier molecular flexibility index (Phi) is 5.18. The SMILES string of the molecule is CCOCCOC(=O)c1cc(S(=O)(=O)Cl)c(C)o1. The lowest BCUT2D eigenvalue weighted by molar-refractivity contribution is 0.0303. The third kappa shape index (κ3) is 4.01. The lowest BCUT2D eigenvalue weighted by Gasteiger charge is -2.02. The highest BCUT2D eigenvalue weighted by Gasteiger charge is 2.22. The number of ether oxygens (including phenoxy) is 2. The highest BCUT2D eigenvalue weighted by atomic mass is 35.7. The van der Waals surface area contributed by atoms with Crippen molar-refractivity contribution in [1.82, 2.24) is 0 Å². The lowest BCUT2D eigenvalue weighted by atomic mass is 10.4. The maximum atomic E-state index is 11.5. The summed E-state index contributed by atoms with van der Waals surface area (Å²) in [6.07, 6.45) is 0. The summed E-state index contributed by atoms with van der Waals surface area (Å²) >= 11 is 0. The normalized spacial score (nSPS) is 11.5. The zero-order valence-electron chi connectivity index (χ0n) is 9.93. The van der Waals surface area contributed by atoms with Crippen LogP contribution < -0.4 is 0 Å². The molecule has 0 fully saturated rings. The first-order valence-electron chi connectivity index (χ1n) is 5.16. The Hall–Kier alpha value is -1.05. The summed E-state index contributed by atoms with van der Waals surface area (Å²) in [6, 6.07) is 1.04. The molecule has 1 aromatic rings. The molecule has 0 saturated heterocycles. The van der Waals surface area contributed by atoms with Gasteiger partial charge in [0.25, 0.3) is 9.05 Å². The summed E-state index contributed by atoms with van der Waals surface area (Å²) in [4.78, 5) is 11.3. The van der Waals surface area contributed by atoms with Gasteiger partial charge in [-0.3, -0.25) is 0 Å². The second-order valence-corrected chi connectivity index (χ2v) is 5.84. The van der Waals surface area contributed by atoms with Gasteiger partial charge in [-0.15, -0.1) is 0 Å². The van der Waals surface area contributed by atoms with E-state index in [2.05, 4.69) is 0 Å². The van der Waals surface area contributed by atoms with E-state index in [0.717, 1.165) is 6.07 Å². The van der Waals surface area contributed by atoms with Crippen molar-refractivity contribution in [1.29, 1.82) is 0 Å². The molecule has 0 amide bonds. The van der Waals surface area contributed by atoms with E-state index in [1.54, 1.807) is 0 Å². The van der Waals surface area contributed by atoms with Crippen LogP contribution >= 0.6 is 10.7 Å². The van der Waals surface area contributed by atoms with Crippen LogP contribution in [0, 0.1) is 6.92 Å². The van der Waals surface area contributed by atoms with Crippen LogP contribution in [0.15, 0.2) is 15.4 Å². The number of furan rings is 1. The second kappa shape index (κ2) is 6.21. The molecule has 0 spiro atoms. The fraction of sp³-hybridized carbons (Fsp3) is 0.500. The molecule has 0 saturated carbocycles. The summed E-state index contributed by atoms with van der Waals surface area (Å²) in [5, 5.41) is 0. The first kappa shape index (κ1) is 15.0. The molecule has 0 aliphatic rings. The predicted molar refractivity (Wildman–Crippen MR) is 63.3 cm³/mol. The number of hydrogen-bond donors (Lipinski definition) is 0. The minimum atomic E-state index is -3.93. The van der Waals surface area contributed by atoms with Gasteiger partial charge in [0.1, 0.15) is 17.3 Å². The van der Waals surface area contributed by atoms with Gasteiger partial charge in [-0.25, -0.2) is 13.2 Å². The number of halogens is 1. The molecule has 6 nitrogen and oxygen atoms in total. The van der Waals surface area contributed by atoms with E-state index < -0.39 is 15.0 Å². The molecule has 1 heterocycles. The van der Waals surface area contributed by atoms with Crippen molar-refractivity contribution in [3.05, 3.63) is 17.6 Å². The Morgan fingerprint density at radius 1 is 1.44 bits per heavy atom. The van der Waals surface area contributed by atoms with Crippen LogP contribution in [-0.4, -0.2) is 34.2 Å². The van der Waals surface area contributed by atoms with Gasteiger partial charge in [-0.1, -0.05) is 0 Å². The number of aryl methyl sites for hydroxylation is 1. The third-order valence-corrected chi connectivity index (χ3v) is 3.43. The molecule has 0 N–H and O–H groups in total. The first-order valence-corrected chi connectivity index (χ1v) is 7.47. The minimum absolute atomic E-state index is 0.0433. The Labute approximate surface area is 109 Å². The van der Waals surface area contributed by atoms with Gasteiger partial charge >= 0.3 is 5.97 Å². The largest absolute Gasteiger partial charge is 0.457 e. The topological polar surface area (TPSA) is 82.8 Å². The Bertz CT molecular complexity index is 518. The number of carbonyl (C=O) groups is 1. The zero-order valence-corrected chi connectivity index (χ0v) is 11.5. The van der Waals surface area contributed by atoms with Gasteiger partial charge in [0, 0.05) is 23.4 Å². The Balaban J connectivity index is 2.71. The van der Waals surface area contributed by atoms with Crippen molar-refractivity contribution < 1.29 is 27.1 Å². The molecule has 1 rings (SSSR count). The molecule has 0 aliphatic carbocycles. The number of carbonyl (C=O) groups excluding carboxylic acids is 1. The average Bonchev–Trinajstić information content (AvgIpc) is 2.66. The monoisotopic (exact) mass is 296 g/mol. The first-order chi connectivity index (χ1) is 8.36. The molecule has 8 heteroatoms. The van der Waals surface area contributed by atoms with Crippen molar-refractivity contribution in [2.45, 2.75) is 18.7 Å². The molecule has 18 heavy (non-hydrogen) atoms. The second-order valence-electron chi connectivity index (χ2n) is 3.30. The molecular formula is C10H13ClO6S. The van der Waals surface area contributed by atoms with Gasteiger partial charge in [-0.05, 0) is 13.8 Å². The average molecular weight is 297 g/mol. The van der Waals surface area contributed by atoms with Crippen LogP contribution in [0.1, 0.15) is 23.2 Å². The quantitative estimate of drug-likeness (QED) is 0.451. The van der Waals surface area contributed by atoms with Gasteiger partial charge in [0.2, 0.25) is 5.76 Å². The van der Waals surface area contributed by atoms with Crippen LogP contribution in [0.3, 0.4) is 0 Å². The molecule has 0 atom stereocenters. The number of esters is 1. The highest BCUT2D eigenvalue weighted by molar-refractivity contribution is 8.13. The van der Waals surface area contributed by atoms with E-state index in [4.69, 9.17) is 24.6 Å². The Morgan fingerprint density at radius 3 is 2.61 bits per heavy atom. The molecule has 0 unspecified atom stereocenters. The van der Waals surface area contributed by atoms with Crippen LogP contribution in [0.2, 0.25) is 0 Å². The maximum absolute atomic E-state index is 11.5. The van der Waals surface area contributed by atoms with Crippen LogP contribution in [0.4, 0.5) is 0 Å². The molecule has 0 radical (unpaired) electrons. The molecule has 0 bridgehead atoms. The zero-order chi connectivity index (χ0) is 13.8. The minimum Gasteiger partial charge on any atom is -0.457 e. The van der Waals surface area contributed by atoms with Crippen LogP contribution in [0.25, 0.3) is 0 Å². The van der Waals surface area contributed by atoms with Gasteiger partial charge in [-0.2, -0.15) is 0 Å². The molecular weight excluding hydrogens is 284 g/mol. The van der Waals surface area contributed by atoms with E-state index in [9.17, 15) is 13.2 Å². The van der Waals surface area contributed by atoms with Gasteiger partial charge in [0.15, 0.2) is 0 Å². The fourth-order valence-electron chi connectivity index (χ4n) is 1.22. The third-order valence-electron chi connectivity index (χ3n) is 2.00. The van der Waals surface area contributed by atoms with Crippen molar-refractivity contribution in [2.24, 2.45) is 0 Å². The van der Waals surface area contributed by atoms with E-state index >= 15 is 0 Å². The summed E-state index contributed by atoms with van der Waals surface area (Å²) in [6.45, 7) is 4.06. The molecule has 0 aliphatic heterocycles. The van der Waals surface area contributed by atoms with Crippen LogP contribution in [-0.2, 0) is 18.5 Å². The van der Waals surface area contributed by atoms with Crippen LogP contribution in [0.5, 0.6) is 0 Å². The molecule has 1 aromatic heterocycles. The molecule has 102 valence electrons. The Morgan fingerprint density at radius 2 is 2.11 bits per heavy atom.